The molecule has 1 unspecified atom stereocenters. The second-order valence-electron chi connectivity index (χ2n) is 6.06. The molecule has 1 amide bonds. The van der Waals surface area contributed by atoms with Crippen molar-refractivity contribution in [2.24, 2.45) is 0 Å². The molecule has 4 nitrogen and oxygen atoms in total. The molecule has 0 fully saturated rings. The van der Waals surface area contributed by atoms with Crippen LogP contribution in [-0.4, -0.2) is 10.9 Å². The van der Waals surface area contributed by atoms with Crippen LogP contribution in [0.15, 0.2) is 53.1 Å². The number of nitrogens with zero attached hydrogens (tertiary/aromatic N) is 1. The number of carbonyl (C=O) groups is 1. The third-order valence-corrected chi connectivity index (χ3v) is 4.08. The predicted molar refractivity (Wildman–Crippen MR) is 93.1 cm³/mol. The van der Waals surface area contributed by atoms with Crippen molar-refractivity contribution in [3.8, 4) is 11.3 Å². The number of rotatable bonds is 6. The summed E-state index contributed by atoms with van der Waals surface area (Å²) < 4.78 is 45.5. The average Bonchev–Trinajstić information content (AvgIpc) is 3.11. The third kappa shape index (κ3) is 4.55. The largest absolute Gasteiger partial charge is 0.441 e. The number of carbonyl (C=O) groups excluding carboxylic acids is 1. The highest BCUT2D eigenvalue weighted by atomic mass is 19.2. The summed E-state index contributed by atoms with van der Waals surface area (Å²) in [6, 6.07) is 9.17. The molecule has 0 aliphatic heterocycles. The molecule has 3 aromatic rings. The maximum absolute atomic E-state index is 13.8. The number of amides is 1. The first-order valence-electron chi connectivity index (χ1n) is 8.38. The molecule has 27 heavy (non-hydrogen) atoms. The molecule has 1 heterocycles. The molecule has 0 saturated heterocycles. The van der Waals surface area contributed by atoms with Gasteiger partial charge < -0.3 is 9.73 Å². The van der Waals surface area contributed by atoms with Crippen LogP contribution in [0.3, 0.4) is 0 Å². The Labute approximate surface area is 154 Å². The summed E-state index contributed by atoms with van der Waals surface area (Å²) in [5.74, 6) is -2.01. The summed E-state index contributed by atoms with van der Waals surface area (Å²) in [7, 11) is 0. The lowest BCUT2D eigenvalue weighted by Crippen LogP contribution is -2.27. The van der Waals surface area contributed by atoms with Crippen molar-refractivity contribution >= 4 is 5.91 Å². The van der Waals surface area contributed by atoms with E-state index in [0.717, 1.165) is 12.1 Å². The predicted octanol–water partition coefficient (Wildman–Crippen LogP) is 4.57. The highest BCUT2D eigenvalue weighted by Crippen LogP contribution is 2.23. The fraction of sp³-hybridized carbons (Fsp3) is 0.200. The van der Waals surface area contributed by atoms with E-state index in [-0.39, 0.29) is 18.7 Å². The van der Waals surface area contributed by atoms with E-state index in [1.54, 1.807) is 25.1 Å². The van der Waals surface area contributed by atoms with Gasteiger partial charge in [-0.1, -0.05) is 18.2 Å². The van der Waals surface area contributed by atoms with Crippen molar-refractivity contribution in [1.82, 2.24) is 10.3 Å². The molecule has 0 aliphatic carbocycles. The van der Waals surface area contributed by atoms with Gasteiger partial charge in [-0.05, 0) is 36.8 Å². The van der Waals surface area contributed by atoms with Gasteiger partial charge in [0.2, 0.25) is 5.91 Å². The first-order valence-corrected chi connectivity index (χ1v) is 8.38. The highest BCUT2D eigenvalue weighted by Gasteiger charge is 2.14. The topological polar surface area (TPSA) is 55.1 Å². The standard InChI is InChI=1S/C20H17F3N2O2/c1-12(13-6-7-16(22)17(23)10-13)25-19(26)8-9-20-24-11-18(27-20)14-4-2-3-5-15(14)21/h2-7,10-12H,8-9H2,1H3,(H,25,26). The van der Waals surface area contributed by atoms with E-state index in [0.29, 0.717) is 22.8 Å². The molecule has 2 aromatic carbocycles. The van der Waals surface area contributed by atoms with E-state index in [1.807, 2.05) is 0 Å². The minimum absolute atomic E-state index is 0.0885. The Morgan fingerprint density at radius 3 is 2.63 bits per heavy atom. The zero-order chi connectivity index (χ0) is 19.4. The van der Waals surface area contributed by atoms with Crippen LogP contribution in [0.4, 0.5) is 13.2 Å². The number of hydrogen-bond acceptors (Lipinski definition) is 3. The molecule has 1 aromatic heterocycles. The number of benzene rings is 2. The normalized spacial score (nSPS) is 12.0. The lowest BCUT2D eigenvalue weighted by atomic mass is 10.1. The Hall–Kier alpha value is -3.09. The molecule has 0 aliphatic rings. The third-order valence-electron chi connectivity index (χ3n) is 4.08. The van der Waals surface area contributed by atoms with E-state index in [1.165, 1.54) is 18.3 Å². The SMILES string of the molecule is CC(NC(=O)CCc1ncc(-c2ccccc2F)o1)c1ccc(F)c(F)c1. The van der Waals surface area contributed by atoms with Gasteiger partial charge in [0.1, 0.15) is 5.82 Å². The van der Waals surface area contributed by atoms with Gasteiger partial charge in [0.25, 0.3) is 0 Å². The van der Waals surface area contributed by atoms with Gasteiger partial charge in [-0.2, -0.15) is 0 Å². The number of hydrogen-bond donors (Lipinski definition) is 1. The Morgan fingerprint density at radius 1 is 1.11 bits per heavy atom. The van der Waals surface area contributed by atoms with Crippen LogP contribution >= 0.6 is 0 Å². The lowest BCUT2D eigenvalue weighted by molar-refractivity contribution is -0.121. The van der Waals surface area contributed by atoms with E-state index < -0.39 is 23.5 Å². The van der Waals surface area contributed by atoms with Gasteiger partial charge in [-0.3, -0.25) is 4.79 Å². The van der Waals surface area contributed by atoms with Crippen LogP contribution in [0.2, 0.25) is 0 Å². The molecule has 140 valence electrons. The maximum atomic E-state index is 13.8. The monoisotopic (exact) mass is 374 g/mol. The number of halogens is 3. The van der Waals surface area contributed by atoms with Crippen LogP contribution in [0.5, 0.6) is 0 Å². The Balaban J connectivity index is 1.56. The summed E-state index contributed by atoms with van der Waals surface area (Å²) >= 11 is 0. The van der Waals surface area contributed by atoms with E-state index in [4.69, 9.17) is 4.42 Å². The maximum Gasteiger partial charge on any atom is 0.220 e. The van der Waals surface area contributed by atoms with Gasteiger partial charge in [-0.15, -0.1) is 0 Å². The fourth-order valence-electron chi connectivity index (χ4n) is 2.61. The second-order valence-corrected chi connectivity index (χ2v) is 6.06. The molecule has 0 radical (unpaired) electrons. The smallest absolute Gasteiger partial charge is 0.220 e. The van der Waals surface area contributed by atoms with Gasteiger partial charge in [0.05, 0.1) is 17.8 Å². The zero-order valence-electron chi connectivity index (χ0n) is 14.5. The van der Waals surface area contributed by atoms with Gasteiger partial charge >= 0.3 is 0 Å². The highest BCUT2D eigenvalue weighted by molar-refractivity contribution is 5.76. The minimum atomic E-state index is -0.964. The summed E-state index contributed by atoms with van der Waals surface area (Å²) in [5.41, 5.74) is 0.757. The summed E-state index contributed by atoms with van der Waals surface area (Å²) in [6.45, 7) is 1.67. The fourth-order valence-corrected chi connectivity index (χ4v) is 2.61. The summed E-state index contributed by atoms with van der Waals surface area (Å²) in [5, 5.41) is 2.70. The minimum Gasteiger partial charge on any atom is -0.441 e. The van der Waals surface area contributed by atoms with Crippen molar-refractivity contribution in [3.63, 3.8) is 0 Å². The molecule has 0 spiro atoms. The van der Waals surface area contributed by atoms with Crippen molar-refractivity contribution in [1.29, 1.82) is 0 Å². The summed E-state index contributed by atoms with van der Waals surface area (Å²) in [4.78, 5) is 16.1. The molecule has 3 rings (SSSR count). The van der Waals surface area contributed by atoms with Crippen molar-refractivity contribution < 1.29 is 22.4 Å². The van der Waals surface area contributed by atoms with Gasteiger partial charge in [-0.25, -0.2) is 18.2 Å². The van der Waals surface area contributed by atoms with Gasteiger partial charge in [0.15, 0.2) is 23.3 Å². The molecule has 1 N–H and O–H groups in total. The first-order chi connectivity index (χ1) is 12.9. The van der Waals surface area contributed by atoms with Crippen LogP contribution in [-0.2, 0) is 11.2 Å². The first kappa shape index (κ1) is 18.7. The van der Waals surface area contributed by atoms with E-state index >= 15 is 0 Å². The Kier molecular flexibility index (Phi) is 5.59. The second kappa shape index (κ2) is 8.07. The molecule has 7 heteroatoms. The van der Waals surface area contributed by atoms with Crippen molar-refractivity contribution in [2.45, 2.75) is 25.8 Å². The quantitative estimate of drug-likeness (QED) is 0.688. The lowest BCUT2D eigenvalue weighted by Gasteiger charge is -2.14. The van der Waals surface area contributed by atoms with Crippen LogP contribution < -0.4 is 5.32 Å². The molecule has 0 saturated carbocycles. The number of aryl methyl sites for hydroxylation is 1. The number of nitrogens with one attached hydrogen (secondary N) is 1. The average molecular weight is 374 g/mol. The van der Waals surface area contributed by atoms with Crippen LogP contribution in [0.1, 0.15) is 30.8 Å². The molecule has 0 bridgehead atoms. The van der Waals surface area contributed by atoms with Crippen LogP contribution in [0, 0.1) is 17.5 Å². The summed E-state index contributed by atoms with van der Waals surface area (Å²) in [6.07, 6.45) is 1.73. The molecule has 1 atom stereocenters. The van der Waals surface area contributed by atoms with Gasteiger partial charge in [0, 0.05) is 12.8 Å². The van der Waals surface area contributed by atoms with E-state index in [9.17, 15) is 18.0 Å². The van der Waals surface area contributed by atoms with Crippen molar-refractivity contribution in [3.05, 3.63) is 77.6 Å². The number of aromatic nitrogens is 1. The molecular formula is C20H17F3N2O2. The van der Waals surface area contributed by atoms with Crippen molar-refractivity contribution in [2.75, 3.05) is 0 Å². The molecular weight excluding hydrogens is 357 g/mol. The number of oxazole rings is 1. The Bertz CT molecular complexity index is 956. The van der Waals surface area contributed by atoms with E-state index in [2.05, 4.69) is 10.3 Å². The Morgan fingerprint density at radius 2 is 1.89 bits per heavy atom. The zero-order valence-corrected chi connectivity index (χ0v) is 14.5. The van der Waals surface area contributed by atoms with Crippen LogP contribution in [0.25, 0.3) is 11.3 Å².